The first-order chi connectivity index (χ1) is 9.52. The number of nitrogens with two attached hydrogens (primary N) is 1. The van der Waals surface area contributed by atoms with Gasteiger partial charge in [-0.3, -0.25) is 4.79 Å². The van der Waals surface area contributed by atoms with E-state index in [9.17, 15) is 13.6 Å². The highest BCUT2D eigenvalue weighted by Crippen LogP contribution is 2.33. The van der Waals surface area contributed by atoms with E-state index < -0.39 is 6.43 Å². The van der Waals surface area contributed by atoms with Crippen molar-refractivity contribution in [1.29, 1.82) is 0 Å². The van der Waals surface area contributed by atoms with Crippen LogP contribution in [0.1, 0.15) is 24.8 Å². The molecule has 110 valence electrons. The Labute approximate surface area is 116 Å². The normalized spacial score (nSPS) is 19.2. The van der Waals surface area contributed by atoms with Crippen LogP contribution in [0.25, 0.3) is 0 Å². The summed E-state index contributed by atoms with van der Waals surface area (Å²) in [7, 11) is 1.59. The number of amides is 1. The number of carbonyl (C=O) groups excluding carboxylic acids is 1. The minimum absolute atomic E-state index is 0.0382. The van der Waals surface area contributed by atoms with Crippen LogP contribution in [0.2, 0.25) is 0 Å². The fourth-order valence-corrected chi connectivity index (χ4v) is 2.65. The average Bonchev–Trinajstić information content (AvgIpc) is 2.46. The van der Waals surface area contributed by atoms with Crippen LogP contribution in [-0.2, 0) is 4.79 Å². The first kappa shape index (κ1) is 14.6. The molecule has 0 saturated carbocycles. The molecule has 1 fully saturated rings. The van der Waals surface area contributed by atoms with E-state index in [-0.39, 0.29) is 17.4 Å². The molecule has 1 atom stereocenters. The molecule has 0 bridgehead atoms. The van der Waals surface area contributed by atoms with E-state index in [1.807, 2.05) is 4.90 Å². The van der Waals surface area contributed by atoms with Crippen molar-refractivity contribution in [3.05, 3.63) is 23.8 Å². The minimum Gasteiger partial charge on any atom is -0.399 e. The second-order valence-electron chi connectivity index (χ2n) is 5.02. The fourth-order valence-electron chi connectivity index (χ4n) is 2.65. The molecule has 0 radical (unpaired) electrons. The lowest BCUT2D eigenvalue weighted by molar-refractivity contribution is -0.124. The smallest absolute Gasteiger partial charge is 0.265 e. The van der Waals surface area contributed by atoms with Crippen molar-refractivity contribution in [3.8, 4) is 0 Å². The Morgan fingerprint density at radius 2 is 2.25 bits per heavy atom. The van der Waals surface area contributed by atoms with Crippen LogP contribution < -0.4 is 16.0 Å². The molecule has 1 aromatic carbocycles. The highest BCUT2D eigenvalue weighted by atomic mass is 19.3. The van der Waals surface area contributed by atoms with E-state index in [1.165, 1.54) is 6.07 Å². The highest BCUT2D eigenvalue weighted by molar-refractivity contribution is 5.79. The molecular formula is C14H19F2N3O. The molecule has 1 unspecified atom stereocenters. The van der Waals surface area contributed by atoms with Gasteiger partial charge >= 0.3 is 0 Å². The Hall–Kier alpha value is -1.85. The van der Waals surface area contributed by atoms with Crippen molar-refractivity contribution < 1.29 is 13.6 Å². The van der Waals surface area contributed by atoms with E-state index in [2.05, 4.69) is 5.32 Å². The molecule has 4 nitrogen and oxygen atoms in total. The predicted molar refractivity (Wildman–Crippen MR) is 74.8 cm³/mol. The van der Waals surface area contributed by atoms with Gasteiger partial charge < -0.3 is 16.0 Å². The van der Waals surface area contributed by atoms with E-state index >= 15 is 0 Å². The van der Waals surface area contributed by atoms with E-state index in [1.54, 1.807) is 19.2 Å². The van der Waals surface area contributed by atoms with Gasteiger partial charge in [-0.2, -0.15) is 0 Å². The topological polar surface area (TPSA) is 58.4 Å². The second kappa shape index (κ2) is 6.07. The van der Waals surface area contributed by atoms with Crippen molar-refractivity contribution in [1.82, 2.24) is 5.32 Å². The number of alkyl halides is 2. The van der Waals surface area contributed by atoms with Crippen LogP contribution in [0.15, 0.2) is 18.2 Å². The number of rotatable bonds is 3. The fraction of sp³-hybridized carbons (Fsp3) is 0.500. The zero-order chi connectivity index (χ0) is 14.7. The maximum Gasteiger partial charge on any atom is 0.265 e. The minimum atomic E-state index is -2.58. The molecule has 1 aliphatic rings. The maximum absolute atomic E-state index is 13.1. The number of anilines is 2. The van der Waals surface area contributed by atoms with E-state index in [0.29, 0.717) is 24.5 Å². The Bertz CT molecular complexity index is 493. The summed E-state index contributed by atoms with van der Waals surface area (Å²) in [4.78, 5) is 13.6. The van der Waals surface area contributed by atoms with Gasteiger partial charge in [0.25, 0.3) is 6.43 Å². The van der Waals surface area contributed by atoms with Gasteiger partial charge in [-0.15, -0.1) is 0 Å². The Morgan fingerprint density at radius 3 is 2.90 bits per heavy atom. The molecule has 6 heteroatoms. The number of nitrogens with one attached hydrogen (secondary N) is 1. The molecule has 1 saturated heterocycles. The highest BCUT2D eigenvalue weighted by Gasteiger charge is 2.27. The third-order valence-electron chi connectivity index (χ3n) is 3.67. The molecule has 1 amide bonds. The summed E-state index contributed by atoms with van der Waals surface area (Å²) in [6, 6.07) is 4.54. The first-order valence-electron chi connectivity index (χ1n) is 6.67. The third-order valence-corrected chi connectivity index (χ3v) is 3.67. The van der Waals surface area contributed by atoms with Crippen LogP contribution in [0.4, 0.5) is 20.2 Å². The Kier molecular flexibility index (Phi) is 4.42. The summed E-state index contributed by atoms with van der Waals surface area (Å²) in [6.45, 7) is 1.14. The molecular weight excluding hydrogens is 264 g/mol. The number of piperidine rings is 1. The first-order valence-corrected chi connectivity index (χ1v) is 6.67. The van der Waals surface area contributed by atoms with Gasteiger partial charge in [0.05, 0.1) is 5.92 Å². The summed E-state index contributed by atoms with van der Waals surface area (Å²) in [5.74, 6) is -0.194. The van der Waals surface area contributed by atoms with Crippen LogP contribution in [0.5, 0.6) is 0 Å². The number of benzene rings is 1. The molecule has 1 aromatic rings. The summed E-state index contributed by atoms with van der Waals surface area (Å²) in [6.07, 6.45) is -0.978. The van der Waals surface area contributed by atoms with Crippen LogP contribution in [-0.4, -0.2) is 26.0 Å². The Balaban J connectivity index is 2.24. The van der Waals surface area contributed by atoms with Gasteiger partial charge in [-0.25, -0.2) is 8.78 Å². The largest absolute Gasteiger partial charge is 0.399 e. The standard InChI is InChI=1S/C14H19F2N3O/c1-18-14(20)9-3-2-6-19(8-9)12-5-4-10(17)7-11(12)13(15)16/h4-5,7,9,13H,2-3,6,8,17H2,1H3,(H,18,20). The van der Waals surface area contributed by atoms with Gasteiger partial charge in [-0.1, -0.05) is 0 Å². The van der Waals surface area contributed by atoms with Crippen molar-refractivity contribution in [2.75, 3.05) is 30.8 Å². The molecule has 1 aliphatic heterocycles. The van der Waals surface area contributed by atoms with Crippen molar-refractivity contribution >= 4 is 17.3 Å². The molecule has 20 heavy (non-hydrogen) atoms. The molecule has 0 aromatic heterocycles. The molecule has 2 rings (SSSR count). The van der Waals surface area contributed by atoms with Gasteiger partial charge in [-0.05, 0) is 31.0 Å². The number of hydrogen-bond acceptors (Lipinski definition) is 3. The number of nitrogen functional groups attached to an aromatic ring is 1. The number of carbonyl (C=O) groups is 1. The third kappa shape index (κ3) is 3.00. The zero-order valence-corrected chi connectivity index (χ0v) is 11.4. The molecule has 0 aliphatic carbocycles. The lowest BCUT2D eigenvalue weighted by Gasteiger charge is -2.34. The van der Waals surface area contributed by atoms with Gasteiger partial charge in [0, 0.05) is 37.1 Å². The summed E-state index contributed by atoms with van der Waals surface area (Å²) in [5, 5.41) is 2.62. The van der Waals surface area contributed by atoms with E-state index in [0.717, 1.165) is 12.8 Å². The Morgan fingerprint density at radius 1 is 1.50 bits per heavy atom. The summed E-state index contributed by atoms with van der Waals surface area (Å²) in [5.41, 5.74) is 6.31. The maximum atomic E-state index is 13.1. The predicted octanol–water partition coefficient (Wildman–Crippen LogP) is 2.17. The molecule has 3 N–H and O–H groups in total. The number of halogens is 2. The van der Waals surface area contributed by atoms with Crippen molar-refractivity contribution in [2.45, 2.75) is 19.3 Å². The van der Waals surface area contributed by atoms with E-state index in [4.69, 9.17) is 5.73 Å². The molecule has 1 heterocycles. The summed E-state index contributed by atoms with van der Waals surface area (Å²) >= 11 is 0. The number of hydrogen-bond donors (Lipinski definition) is 2. The van der Waals surface area contributed by atoms with Crippen molar-refractivity contribution in [2.24, 2.45) is 5.92 Å². The van der Waals surface area contributed by atoms with Crippen molar-refractivity contribution in [3.63, 3.8) is 0 Å². The van der Waals surface area contributed by atoms with Gasteiger partial charge in [0.1, 0.15) is 0 Å². The average molecular weight is 283 g/mol. The number of nitrogens with zero attached hydrogens (tertiary/aromatic N) is 1. The summed E-state index contributed by atoms with van der Waals surface area (Å²) < 4.78 is 26.2. The zero-order valence-electron chi connectivity index (χ0n) is 11.4. The van der Waals surface area contributed by atoms with Crippen LogP contribution in [0.3, 0.4) is 0 Å². The quantitative estimate of drug-likeness (QED) is 0.836. The monoisotopic (exact) mass is 283 g/mol. The molecule has 0 spiro atoms. The second-order valence-corrected chi connectivity index (χ2v) is 5.02. The SMILES string of the molecule is CNC(=O)C1CCCN(c2ccc(N)cc2C(F)F)C1. The lowest BCUT2D eigenvalue weighted by Crippen LogP contribution is -2.42. The van der Waals surface area contributed by atoms with Gasteiger partial charge in [0.2, 0.25) is 5.91 Å². The van der Waals surface area contributed by atoms with Crippen LogP contribution >= 0.6 is 0 Å². The van der Waals surface area contributed by atoms with Crippen LogP contribution in [0, 0.1) is 5.92 Å². The van der Waals surface area contributed by atoms with Gasteiger partial charge in [0.15, 0.2) is 0 Å². The lowest BCUT2D eigenvalue weighted by atomic mass is 9.96.